The van der Waals surface area contributed by atoms with E-state index in [9.17, 15) is 4.79 Å². The van der Waals surface area contributed by atoms with Gasteiger partial charge in [0.1, 0.15) is 0 Å². The first kappa shape index (κ1) is 19.2. The molecule has 0 aliphatic rings. The van der Waals surface area contributed by atoms with Gasteiger partial charge < -0.3 is 5.32 Å². The molecular formula is C20H24ClN5O. The molecule has 0 fully saturated rings. The molecule has 0 saturated heterocycles. The number of amides is 1. The lowest BCUT2D eigenvalue weighted by Gasteiger charge is -2.08. The molecule has 7 heteroatoms. The number of nitrogens with zero attached hydrogens (tertiary/aromatic N) is 4. The first-order valence-electron chi connectivity index (χ1n) is 9.01. The smallest absolute Gasteiger partial charge is 0.251 e. The number of halogens is 1. The molecule has 0 bridgehead atoms. The Morgan fingerprint density at radius 1 is 1.11 bits per heavy atom. The van der Waals surface area contributed by atoms with Crippen molar-refractivity contribution in [1.29, 1.82) is 0 Å². The Balaban J connectivity index is 1.50. The molecule has 0 spiro atoms. The summed E-state index contributed by atoms with van der Waals surface area (Å²) in [5.74, 6) is -0.0626. The molecule has 3 aromatic rings. The zero-order chi connectivity index (χ0) is 19.4. The van der Waals surface area contributed by atoms with Gasteiger partial charge in [-0.1, -0.05) is 23.7 Å². The molecule has 0 saturated carbocycles. The predicted molar refractivity (Wildman–Crippen MR) is 106 cm³/mol. The summed E-state index contributed by atoms with van der Waals surface area (Å²) in [6.07, 6.45) is 2.79. The van der Waals surface area contributed by atoms with Gasteiger partial charge in [-0.2, -0.15) is 10.2 Å². The Kier molecular flexibility index (Phi) is 5.96. The minimum atomic E-state index is -0.0626. The van der Waals surface area contributed by atoms with Crippen molar-refractivity contribution in [2.45, 2.75) is 40.3 Å². The van der Waals surface area contributed by atoms with Crippen molar-refractivity contribution in [1.82, 2.24) is 24.9 Å². The van der Waals surface area contributed by atoms with E-state index in [0.29, 0.717) is 23.7 Å². The lowest BCUT2D eigenvalue weighted by Crippen LogP contribution is -2.25. The fourth-order valence-corrected chi connectivity index (χ4v) is 3.03. The summed E-state index contributed by atoms with van der Waals surface area (Å²) in [4.78, 5) is 12.3. The van der Waals surface area contributed by atoms with Gasteiger partial charge in [-0.05, 0) is 51.0 Å². The van der Waals surface area contributed by atoms with E-state index in [0.717, 1.165) is 35.6 Å². The first-order valence-corrected chi connectivity index (χ1v) is 9.38. The number of rotatable bonds is 7. The normalized spacial score (nSPS) is 11.0. The topological polar surface area (TPSA) is 64.7 Å². The Labute approximate surface area is 164 Å². The van der Waals surface area contributed by atoms with Gasteiger partial charge in [0, 0.05) is 24.8 Å². The highest BCUT2D eigenvalue weighted by Gasteiger charge is 2.10. The van der Waals surface area contributed by atoms with Gasteiger partial charge in [0.2, 0.25) is 0 Å². The number of carbonyl (C=O) groups excluding carboxylic acids is 1. The first-order chi connectivity index (χ1) is 12.9. The zero-order valence-corrected chi connectivity index (χ0v) is 16.6. The molecular weight excluding hydrogens is 362 g/mol. The van der Waals surface area contributed by atoms with E-state index in [4.69, 9.17) is 11.6 Å². The van der Waals surface area contributed by atoms with Crippen molar-refractivity contribution in [3.8, 4) is 0 Å². The third kappa shape index (κ3) is 4.77. The van der Waals surface area contributed by atoms with Crippen LogP contribution in [-0.4, -0.2) is 32.0 Å². The predicted octanol–water partition coefficient (Wildman–Crippen LogP) is 3.53. The molecule has 0 atom stereocenters. The van der Waals surface area contributed by atoms with Crippen LogP contribution in [0.4, 0.5) is 0 Å². The number of hydrogen-bond acceptors (Lipinski definition) is 3. The van der Waals surface area contributed by atoms with E-state index in [2.05, 4.69) is 15.5 Å². The molecule has 2 aromatic heterocycles. The third-order valence-electron chi connectivity index (χ3n) is 4.47. The average Bonchev–Trinajstić information content (AvgIpc) is 3.18. The van der Waals surface area contributed by atoms with E-state index < -0.39 is 0 Å². The highest BCUT2D eigenvalue weighted by molar-refractivity contribution is 6.31. The van der Waals surface area contributed by atoms with Crippen LogP contribution in [0.5, 0.6) is 0 Å². The molecule has 2 heterocycles. The molecule has 1 amide bonds. The Hall–Kier alpha value is -2.60. The van der Waals surface area contributed by atoms with Crippen LogP contribution in [0.2, 0.25) is 5.02 Å². The van der Waals surface area contributed by atoms with E-state index in [1.165, 1.54) is 0 Å². The number of nitrogens with one attached hydrogen (secondary N) is 1. The molecule has 0 aliphatic carbocycles. The van der Waals surface area contributed by atoms with Gasteiger partial charge in [-0.25, -0.2) is 0 Å². The van der Waals surface area contributed by atoms with Crippen LogP contribution in [0.15, 0.2) is 36.5 Å². The second-order valence-corrected chi connectivity index (χ2v) is 7.05. The highest BCUT2D eigenvalue weighted by Crippen LogP contribution is 2.20. The minimum Gasteiger partial charge on any atom is -0.352 e. The third-order valence-corrected chi connectivity index (χ3v) is 5.01. The van der Waals surface area contributed by atoms with Gasteiger partial charge in [0.25, 0.3) is 5.91 Å². The van der Waals surface area contributed by atoms with E-state index in [1.807, 2.05) is 66.7 Å². The van der Waals surface area contributed by atoms with Crippen LogP contribution in [0.1, 0.15) is 39.4 Å². The van der Waals surface area contributed by atoms with Crippen molar-refractivity contribution in [2.75, 3.05) is 6.54 Å². The Morgan fingerprint density at radius 2 is 1.85 bits per heavy atom. The van der Waals surface area contributed by atoms with Crippen molar-refractivity contribution < 1.29 is 4.79 Å². The van der Waals surface area contributed by atoms with Crippen LogP contribution in [0.3, 0.4) is 0 Å². The maximum atomic E-state index is 12.3. The minimum absolute atomic E-state index is 0.0626. The molecule has 6 nitrogen and oxygen atoms in total. The van der Waals surface area contributed by atoms with E-state index in [-0.39, 0.29) is 5.91 Å². The largest absolute Gasteiger partial charge is 0.352 e. The summed E-state index contributed by atoms with van der Waals surface area (Å²) in [6, 6.07) is 9.56. The SMILES string of the molecule is Cc1ccn(CCCNC(=O)c2ccc(Cn3nc(C)c(Cl)c3C)cc2)n1. The Bertz CT molecular complexity index is 927. The van der Waals surface area contributed by atoms with Gasteiger partial charge in [-0.3, -0.25) is 14.2 Å². The molecule has 0 unspecified atom stereocenters. The molecule has 1 N–H and O–H groups in total. The van der Waals surface area contributed by atoms with E-state index in [1.54, 1.807) is 0 Å². The maximum absolute atomic E-state index is 12.3. The van der Waals surface area contributed by atoms with Crippen molar-refractivity contribution in [3.63, 3.8) is 0 Å². The molecule has 1 aromatic carbocycles. The lowest BCUT2D eigenvalue weighted by molar-refractivity contribution is 0.0952. The zero-order valence-electron chi connectivity index (χ0n) is 15.9. The molecule has 142 valence electrons. The number of benzene rings is 1. The second-order valence-electron chi connectivity index (χ2n) is 6.67. The molecule has 0 radical (unpaired) electrons. The van der Waals surface area contributed by atoms with E-state index >= 15 is 0 Å². The van der Waals surface area contributed by atoms with Gasteiger partial charge in [0.05, 0.1) is 28.6 Å². The summed E-state index contributed by atoms with van der Waals surface area (Å²) >= 11 is 6.19. The highest BCUT2D eigenvalue weighted by atomic mass is 35.5. The van der Waals surface area contributed by atoms with Crippen LogP contribution in [-0.2, 0) is 13.1 Å². The number of carbonyl (C=O) groups is 1. The van der Waals surface area contributed by atoms with Gasteiger partial charge in [0.15, 0.2) is 0 Å². The van der Waals surface area contributed by atoms with Crippen LogP contribution >= 0.6 is 11.6 Å². The molecule has 27 heavy (non-hydrogen) atoms. The number of aromatic nitrogens is 4. The summed E-state index contributed by atoms with van der Waals surface area (Å²) in [7, 11) is 0. The summed E-state index contributed by atoms with van der Waals surface area (Å²) in [5.41, 5.74) is 4.50. The molecule has 3 rings (SSSR count). The summed E-state index contributed by atoms with van der Waals surface area (Å²) in [5, 5.41) is 12.4. The fraction of sp³-hybridized carbons (Fsp3) is 0.350. The second kappa shape index (κ2) is 8.39. The van der Waals surface area contributed by atoms with Crippen LogP contribution in [0.25, 0.3) is 0 Å². The maximum Gasteiger partial charge on any atom is 0.251 e. The van der Waals surface area contributed by atoms with Crippen molar-refractivity contribution in [3.05, 3.63) is 69.8 Å². The fourth-order valence-electron chi connectivity index (χ4n) is 2.90. The van der Waals surface area contributed by atoms with Crippen LogP contribution < -0.4 is 5.32 Å². The van der Waals surface area contributed by atoms with Gasteiger partial charge >= 0.3 is 0 Å². The monoisotopic (exact) mass is 385 g/mol. The average molecular weight is 386 g/mol. The van der Waals surface area contributed by atoms with Gasteiger partial charge in [-0.15, -0.1) is 0 Å². The Morgan fingerprint density at radius 3 is 2.44 bits per heavy atom. The number of hydrogen-bond donors (Lipinski definition) is 1. The quantitative estimate of drug-likeness (QED) is 0.633. The molecule has 0 aliphatic heterocycles. The summed E-state index contributed by atoms with van der Waals surface area (Å²) < 4.78 is 3.77. The van der Waals surface area contributed by atoms with Crippen molar-refractivity contribution in [2.24, 2.45) is 0 Å². The number of aryl methyl sites for hydroxylation is 3. The standard InChI is InChI=1S/C20H24ClN5O/c1-14-9-12-25(23-14)11-4-10-22-20(27)18-7-5-17(6-8-18)13-26-16(3)19(21)15(2)24-26/h5-9,12H,4,10-11,13H2,1-3H3,(H,22,27). The van der Waals surface area contributed by atoms with Crippen molar-refractivity contribution >= 4 is 17.5 Å². The summed E-state index contributed by atoms with van der Waals surface area (Å²) in [6.45, 7) is 7.85. The lowest BCUT2D eigenvalue weighted by atomic mass is 10.1. The van der Waals surface area contributed by atoms with Crippen LogP contribution in [0, 0.1) is 20.8 Å².